The van der Waals surface area contributed by atoms with Crippen LogP contribution in [0.5, 0.6) is 0 Å². The molecule has 0 aliphatic rings. The second kappa shape index (κ2) is 3.46. The van der Waals surface area contributed by atoms with E-state index in [1.165, 1.54) is 7.11 Å². The fraction of sp³-hybridized carbons (Fsp3) is 0.600. The summed E-state index contributed by atoms with van der Waals surface area (Å²) in [6.45, 7) is 5.58. The summed E-state index contributed by atoms with van der Waals surface area (Å²) in [6.07, 6.45) is 0.810. The molecule has 8 heavy (non-hydrogen) atoms. The summed E-state index contributed by atoms with van der Waals surface area (Å²) >= 11 is 0. The predicted octanol–water partition coefficient (Wildman–Crippen LogP) is 0.647. The predicted molar refractivity (Wildman–Crippen MR) is 32.5 cm³/mol. The molecule has 0 aromatic heterocycles. The van der Waals surface area contributed by atoms with Crippen LogP contribution in [-0.2, 0) is 4.84 Å². The summed E-state index contributed by atoms with van der Waals surface area (Å²) in [4.78, 5) is 4.61. The van der Waals surface area contributed by atoms with Crippen molar-refractivity contribution in [3.63, 3.8) is 0 Å². The number of nitrogens with zero attached hydrogens (tertiary/aromatic N) is 1. The highest BCUT2D eigenvalue weighted by Gasteiger charge is 1.94. The van der Waals surface area contributed by atoms with Crippen LogP contribution < -0.4 is 5.84 Å². The maximum absolute atomic E-state index is 5.24. The molecule has 3 heteroatoms. The minimum Gasteiger partial charge on any atom is -0.262 e. The van der Waals surface area contributed by atoms with Gasteiger partial charge < -0.3 is 0 Å². The Hall–Kier alpha value is -0.540. The molecule has 3 nitrogen and oxygen atoms in total. The van der Waals surface area contributed by atoms with Crippen molar-refractivity contribution in [3.05, 3.63) is 12.3 Å². The third kappa shape index (κ3) is 1.95. The molecule has 0 saturated carbocycles. The van der Waals surface area contributed by atoms with Crippen molar-refractivity contribution in [2.45, 2.75) is 13.3 Å². The third-order valence-electron chi connectivity index (χ3n) is 0.916. The zero-order valence-electron chi connectivity index (χ0n) is 5.35. The number of hydrazine groups is 1. The van der Waals surface area contributed by atoms with E-state index in [-0.39, 0.29) is 0 Å². The molecule has 0 aromatic rings. The van der Waals surface area contributed by atoms with Gasteiger partial charge >= 0.3 is 0 Å². The average molecular weight is 116 g/mol. The van der Waals surface area contributed by atoms with Gasteiger partial charge in [0.15, 0.2) is 0 Å². The van der Waals surface area contributed by atoms with Crippen LogP contribution in [0.15, 0.2) is 12.3 Å². The molecule has 0 spiro atoms. The summed E-state index contributed by atoms with van der Waals surface area (Å²) in [6, 6.07) is 0. The van der Waals surface area contributed by atoms with Gasteiger partial charge in [-0.05, 0) is 6.42 Å². The Labute approximate surface area is 49.6 Å². The second-order valence-corrected chi connectivity index (χ2v) is 1.43. The Morgan fingerprint density at radius 2 is 2.38 bits per heavy atom. The zero-order chi connectivity index (χ0) is 6.57. The van der Waals surface area contributed by atoms with Gasteiger partial charge in [0.05, 0.1) is 12.8 Å². The lowest BCUT2D eigenvalue weighted by molar-refractivity contribution is -0.104. The summed E-state index contributed by atoms with van der Waals surface area (Å²) in [5.41, 5.74) is 0.771. The van der Waals surface area contributed by atoms with Crippen molar-refractivity contribution in [2.24, 2.45) is 5.84 Å². The van der Waals surface area contributed by atoms with Crippen LogP contribution in [0, 0.1) is 0 Å². The largest absolute Gasteiger partial charge is 0.262 e. The quantitative estimate of drug-likeness (QED) is 0.434. The highest BCUT2D eigenvalue weighted by molar-refractivity contribution is 4.85. The molecule has 0 atom stereocenters. The van der Waals surface area contributed by atoms with Gasteiger partial charge in [-0.2, -0.15) is 5.17 Å². The Kier molecular flexibility index (Phi) is 3.23. The Balaban J connectivity index is 3.46. The van der Waals surface area contributed by atoms with E-state index in [4.69, 9.17) is 5.84 Å². The number of hydrogen-bond donors (Lipinski definition) is 1. The molecule has 0 bridgehead atoms. The second-order valence-electron chi connectivity index (χ2n) is 1.43. The van der Waals surface area contributed by atoms with Gasteiger partial charge in [-0.1, -0.05) is 13.5 Å². The van der Waals surface area contributed by atoms with Gasteiger partial charge in [0.2, 0.25) is 0 Å². The van der Waals surface area contributed by atoms with Crippen molar-refractivity contribution >= 4 is 0 Å². The van der Waals surface area contributed by atoms with Crippen molar-refractivity contribution in [2.75, 3.05) is 7.11 Å². The van der Waals surface area contributed by atoms with Crippen LogP contribution in [0.2, 0.25) is 0 Å². The fourth-order valence-electron chi connectivity index (χ4n) is 0.285. The van der Waals surface area contributed by atoms with Gasteiger partial charge in [0, 0.05) is 0 Å². The van der Waals surface area contributed by atoms with Gasteiger partial charge in [0.25, 0.3) is 0 Å². The lowest BCUT2D eigenvalue weighted by Crippen LogP contribution is -2.27. The maximum Gasteiger partial charge on any atom is 0.0656 e. The van der Waals surface area contributed by atoms with E-state index in [2.05, 4.69) is 11.4 Å². The van der Waals surface area contributed by atoms with Crippen LogP contribution >= 0.6 is 0 Å². The van der Waals surface area contributed by atoms with E-state index in [9.17, 15) is 0 Å². The van der Waals surface area contributed by atoms with Gasteiger partial charge in [-0.3, -0.25) is 4.84 Å². The zero-order valence-corrected chi connectivity index (χ0v) is 5.35. The first-order valence-corrected chi connectivity index (χ1v) is 2.49. The van der Waals surface area contributed by atoms with E-state index in [1.807, 2.05) is 6.92 Å². The molecular formula is C5H12N2O. The number of hydroxylamine groups is 1. The Morgan fingerprint density at radius 3 is 2.50 bits per heavy atom. The van der Waals surface area contributed by atoms with Crippen molar-refractivity contribution in [1.82, 2.24) is 5.17 Å². The normalized spacial score (nSPS) is 8.88. The Bertz CT molecular complexity index is 82.5. The molecule has 0 heterocycles. The van der Waals surface area contributed by atoms with Crippen molar-refractivity contribution in [3.8, 4) is 0 Å². The number of allylic oxidation sites excluding steroid dienone is 1. The monoisotopic (exact) mass is 116 g/mol. The molecule has 0 aliphatic carbocycles. The van der Waals surface area contributed by atoms with Crippen LogP contribution in [-0.4, -0.2) is 12.3 Å². The molecule has 0 amide bonds. The first-order valence-electron chi connectivity index (χ1n) is 2.49. The van der Waals surface area contributed by atoms with Gasteiger partial charge in [-0.25, -0.2) is 5.84 Å². The molecule has 0 aromatic carbocycles. The molecule has 0 fully saturated rings. The number of hydrogen-bond acceptors (Lipinski definition) is 3. The van der Waals surface area contributed by atoms with Crippen LogP contribution in [0.4, 0.5) is 0 Å². The van der Waals surface area contributed by atoms with E-state index in [1.54, 1.807) is 0 Å². The first kappa shape index (κ1) is 7.46. The maximum atomic E-state index is 5.24. The number of nitrogens with two attached hydrogens (primary N) is 1. The van der Waals surface area contributed by atoms with Crippen molar-refractivity contribution < 1.29 is 4.84 Å². The summed E-state index contributed by atoms with van der Waals surface area (Å²) in [5.74, 6) is 5.24. The van der Waals surface area contributed by atoms with E-state index in [0.29, 0.717) is 0 Å². The Morgan fingerprint density at radius 1 is 1.88 bits per heavy atom. The first-order chi connectivity index (χ1) is 3.72. The lowest BCUT2D eigenvalue weighted by Gasteiger charge is -2.15. The summed E-state index contributed by atoms with van der Waals surface area (Å²) in [7, 11) is 1.50. The molecule has 2 N–H and O–H groups in total. The van der Waals surface area contributed by atoms with Crippen LogP contribution in [0.25, 0.3) is 0 Å². The standard InChI is InChI=1S/C5H12N2O/c1-4-5(2)7(6)8-3/h2,4,6H2,1,3H3. The highest BCUT2D eigenvalue weighted by atomic mass is 16.7. The molecular weight excluding hydrogens is 104 g/mol. The molecule has 0 saturated heterocycles. The smallest absolute Gasteiger partial charge is 0.0656 e. The summed E-state index contributed by atoms with van der Waals surface area (Å²) in [5, 5.41) is 1.15. The lowest BCUT2D eigenvalue weighted by atomic mass is 10.4. The summed E-state index contributed by atoms with van der Waals surface area (Å²) < 4.78 is 0. The molecule has 0 aliphatic heterocycles. The van der Waals surface area contributed by atoms with Crippen LogP contribution in [0.1, 0.15) is 13.3 Å². The fourth-order valence-corrected chi connectivity index (χ4v) is 0.285. The molecule has 48 valence electrons. The van der Waals surface area contributed by atoms with Gasteiger partial charge in [0.1, 0.15) is 0 Å². The van der Waals surface area contributed by atoms with Crippen LogP contribution in [0.3, 0.4) is 0 Å². The molecule has 0 rings (SSSR count). The molecule has 0 radical (unpaired) electrons. The van der Waals surface area contributed by atoms with E-state index >= 15 is 0 Å². The molecule has 0 unspecified atom stereocenters. The van der Waals surface area contributed by atoms with Crippen molar-refractivity contribution in [1.29, 1.82) is 0 Å². The van der Waals surface area contributed by atoms with Gasteiger partial charge in [-0.15, -0.1) is 0 Å². The van der Waals surface area contributed by atoms with E-state index < -0.39 is 0 Å². The topological polar surface area (TPSA) is 38.5 Å². The minimum atomic E-state index is 0.771. The SMILES string of the molecule is C=C(CC)N(N)OC. The third-order valence-corrected chi connectivity index (χ3v) is 0.916. The number of rotatable bonds is 3. The minimum absolute atomic E-state index is 0.771. The average Bonchev–Trinajstić information content (AvgIpc) is 1.84. The van der Waals surface area contributed by atoms with E-state index in [0.717, 1.165) is 17.3 Å². The highest BCUT2D eigenvalue weighted by Crippen LogP contribution is 1.97.